The summed E-state index contributed by atoms with van der Waals surface area (Å²) < 4.78 is 81.0. The molecule has 0 N–H and O–H groups in total. The van der Waals surface area contributed by atoms with Crippen LogP contribution in [0, 0.1) is 0 Å². The minimum Gasteiger partial charge on any atom is -0.336 e. The molecule has 0 aliphatic carbocycles. The minimum absolute atomic E-state index is 0.0854. The van der Waals surface area contributed by atoms with Crippen LogP contribution in [-0.4, -0.2) is 17.1 Å². The quantitative estimate of drug-likeness (QED) is 0.263. The number of carbonyl (C=O) groups is 2. The Bertz CT molecular complexity index is 1270. The van der Waals surface area contributed by atoms with E-state index < -0.39 is 23.5 Å². The fraction of sp³-hybridized carbons (Fsp3) is 0.130. The van der Waals surface area contributed by atoms with E-state index in [1.807, 2.05) is 0 Å². The van der Waals surface area contributed by atoms with E-state index in [0.29, 0.717) is 57.6 Å². The van der Waals surface area contributed by atoms with Crippen LogP contribution >= 0.6 is 0 Å². The first kappa shape index (κ1) is 21.6. The third kappa shape index (κ3) is 3.86. The maximum absolute atomic E-state index is 13.2. The zero-order valence-corrected chi connectivity index (χ0v) is 16.1. The molecule has 32 heavy (non-hydrogen) atoms. The second-order valence-corrected chi connectivity index (χ2v) is 7.29. The van der Waals surface area contributed by atoms with Crippen molar-refractivity contribution in [1.82, 2.24) is 4.57 Å². The van der Waals surface area contributed by atoms with E-state index in [9.17, 15) is 35.9 Å². The predicted molar refractivity (Wildman–Crippen MR) is 106 cm³/mol. The van der Waals surface area contributed by atoms with E-state index in [4.69, 9.17) is 0 Å². The molecule has 0 aliphatic heterocycles. The van der Waals surface area contributed by atoms with E-state index in [-0.39, 0.29) is 18.2 Å². The van der Waals surface area contributed by atoms with Crippen LogP contribution in [0.1, 0.15) is 37.4 Å². The van der Waals surface area contributed by atoms with Gasteiger partial charge in [-0.25, -0.2) is 0 Å². The maximum Gasteiger partial charge on any atom is 0.416 e. The van der Waals surface area contributed by atoms with Crippen molar-refractivity contribution in [2.75, 3.05) is 0 Å². The Balaban J connectivity index is 1.96. The normalized spacial score (nSPS) is 12.4. The smallest absolute Gasteiger partial charge is 0.336 e. The first-order valence-corrected chi connectivity index (χ1v) is 9.26. The van der Waals surface area contributed by atoms with Gasteiger partial charge in [0.1, 0.15) is 12.6 Å². The van der Waals surface area contributed by atoms with E-state index in [1.165, 1.54) is 12.1 Å². The number of aldehydes is 2. The first-order chi connectivity index (χ1) is 15.0. The summed E-state index contributed by atoms with van der Waals surface area (Å²) >= 11 is 0. The summed E-state index contributed by atoms with van der Waals surface area (Å²) in [5.74, 6) is 0. The lowest BCUT2D eigenvalue weighted by molar-refractivity contribution is -0.143. The van der Waals surface area contributed by atoms with Crippen LogP contribution in [-0.2, 0) is 18.9 Å². The second kappa shape index (κ2) is 7.51. The van der Waals surface area contributed by atoms with Gasteiger partial charge in [0, 0.05) is 39.5 Å². The summed E-state index contributed by atoms with van der Waals surface area (Å²) in [6.45, 7) is -0.284. The summed E-state index contributed by atoms with van der Waals surface area (Å²) in [6, 6.07) is 10.7. The minimum atomic E-state index is -4.95. The molecule has 164 valence electrons. The molecule has 4 aromatic rings. The van der Waals surface area contributed by atoms with Crippen molar-refractivity contribution >= 4 is 34.4 Å². The molecule has 0 amide bonds. The van der Waals surface area contributed by atoms with Gasteiger partial charge in [-0.3, -0.25) is 9.59 Å². The van der Waals surface area contributed by atoms with Gasteiger partial charge >= 0.3 is 12.4 Å². The van der Waals surface area contributed by atoms with Crippen LogP contribution in [0.2, 0.25) is 0 Å². The SMILES string of the molecule is O=Cc1ccc2c(c1)c1cc(C=O)ccc1n2Cc1cc(C(F)(F)F)cc(C(F)(F)F)c1. The van der Waals surface area contributed by atoms with Gasteiger partial charge in [-0.15, -0.1) is 0 Å². The van der Waals surface area contributed by atoms with Crippen LogP contribution in [0.25, 0.3) is 21.8 Å². The molecular formula is C23H13F6NO2. The Labute approximate surface area is 176 Å². The van der Waals surface area contributed by atoms with Gasteiger partial charge in [0.05, 0.1) is 11.1 Å². The Morgan fingerprint density at radius 2 is 1.09 bits per heavy atom. The third-order valence-electron chi connectivity index (χ3n) is 5.17. The molecule has 0 aliphatic rings. The van der Waals surface area contributed by atoms with Gasteiger partial charge in [-0.1, -0.05) is 0 Å². The zero-order chi connectivity index (χ0) is 23.3. The molecule has 1 heterocycles. The molecule has 0 atom stereocenters. The number of halogens is 6. The van der Waals surface area contributed by atoms with Crippen molar-refractivity contribution in [3.05, 3.63) is 82.4 Å². The third-order valence-corrected chi connectivity index (χ3v) is 5.17. The second-order valence-electron chi connectivity index (χ2n) is 7.29. The maximum atomic E-state index is 13.2. The largest absolute Gasteiger partial charge is 0.416 e. The molecule has 0 fully saturated rings. The highest BCUT2D eigenvalue weighted by molar-refractivity contribution is 6.10. The number of aromatic nitrogens is 1. The molecule has 3 aromatic carbocycles. The van der Waals surface area contributed by atoms with Gasteiger partial charge in [0.15, 0.2) is 0 Å². The summed E-state index contributed by atoms with van der Waals surface area (Å²) in [4.78, 5) is 22.4. The fourth-order valence-electron chi connectivity index (χ4n) is 3.75. The number of hydrogen-bond donors (Lipinski definition) is 0. The van der Waals surface area contributed by atoms with Crippen LogP contribution in [0.15, 0.2) is 54.6 Å². The van der Waals surface area contributed by atoms with E-state index in [1.54, 1.807) is 28.8 Å². The monoisotopic (exact) mass is 449 g/mol. The first-order valence-electron chi connectivity index (χ1n) is 9.26. The van der Waals surface area contributed by atoms with Gasteiger partial charge in [-0.05, 0) is 60.2 Å². The van der Waals surface area contributed by atoms with Crippen LogP contribution in [0.3, 0.4) is 0 Å². The standard InChI is InChI=1S/C23H13F6NO2/c24-22(25,26)16-5-15(6-17(9-16)23(27,28)29)10-30-20-3-1-13(11-31)7-18(20)19-8-14(12-32)2-4-21(19)30/h1-9,11-12H,10H2. The average molecular weight is 449 g/mol. The molecule has 0 saturated carbocycles. The number of rotatable bonds is 4. The molecule has 0 unspecified atom stereocenters. The number of alkyl halides is 6. The fourth-order valence-corrected chi connectivity index (χ4v) is 3.75. The summed E-state index contributed by atoms with van der Waals surface area (Å²) in [5.41, 5.74) is -1.30. The summed E-state index contributed by atoms with van der Waals surface area (Å²) in [7, 11) is 0. The number of fused-ring (bicyclic) bond motifs is 3. The Kier molecular flexibility index (Phi) is 5.07. The molecular weight excluding hydrogens is 436 g/mol. The van der Waals surface area contributed by atoms with Gasteiger partial charge in [0.25, 0.3) is 0 Å². The summed E-state index contributed by atoms with van der Waals surface area (Å²) in [6.07, 6.45) is -8.66. The van der Waals surface area contributed by atoms with Crippen LogP contribution < -0.4 is 0 Å². The topological polar surface area (TPSA) is 39.1 Å². The van der Waals surface area contributed by atoms with E-state index >= 15 is 0 Å². The van der Waals surface area contributed by atoms with Gasteiger partial charge < -0.3 is 4.57 Å². The zero-order valence-electron chi connectivity index (χ0n) is 16.1. The molecule has 3 nitrogen and oxygen atoms in total. The molecule has 9 heteroatoms. The van der Waals surface area contributed by atoms with Crippen molar-refractivity contribution in [1.29, 1.82) is 0 Å². The molecule has 0 bridgehead atoms. The van der Waals surface area contributed by atoms with Gasteiger partial charge in [0.2, 0.25) is 0 Å². The highest BCUT2D eigenvalue weighted by atomic mass is 19.4. The summed E-state index contributed by atoms with van der Waals surface area (Å²) in [5, 5.41) is 1.10. The Morgan fingerprint density at radius 1 is 0.656 bits per heavy atom. The molecule has 4 rings (SSSR count). The van der Waals surface area contributed by atoms with Crippen molar-refractivity contribution < 1.29 is 35.9 Å². The highest BCUT2D eigenvalue weighted by Gasteiger charge is 2.37. The van der Waals surface area contributed by atoms with E-state index in [0.717, 1.165) is 0 Å². The Morgan fingerprint density at radius 3 is 1.47 bits per heavy atom. The van der Waals surface area contributed by atoms with E-state index in [2.05, 4.69) is 0 Å². The highest BCUT2D eigenvalue weighted by Crippen LogP contribution is 2.37. The molecule has 1 aromatic heterocycles. The lowest BCUT2D eigenvalue weighted by Crippen LogP contribution is -2.12. The molecule has 0 radical (unpaired) electrons. The molecule has 0 saturated heterocycles. The number of hydrogen-bond acceptors (Lipinski definition) is 2. The number of nitrogens with zero attached hydrogens (tertiary/aromatic N) is 1. The van der Waals surface area contributed by atoms with Gasteiger partial charge in [-0.2, -0.15) is 26.3 Å². The van der Waals surface area contributed by atoms with Crippen molar-refractivity contribution in [3.63, 3.8) is 0 Å². The average Bonchev–Trinajstić information content (AvgIpc) is 3.04. The Hall–Kier alpha value is -3.62. The molecule has 0 spiro atoms. The lowest BCUT2D eigenvalue weighted by atomic mass is 10.0. The number of benzene rings is 3. The number of carbonyl (C=O) groups excluding carboxylic acids is 2. The van der Waals surface area contributed by atoms with Crippen molar-refractivity contribution in [3.8, 4) is 0 Å². The van der Waals surface area contributed by atoms with Crippen LogP contribution in [0.4, 0.5) is 26.3 Å². The van der Waals surface area contributed by atoms with Crippen LogP contribution in [0.5, 0.6) is 0 Å². The predicted octanol–water partition coefficient (Wildman–Crippen LogP) is 6.51. The van der Waals surface area contributed by atoms with Crippen molar-refractivity contribution in [2.24, 2.45) is 0 Å². The van der Waals surface area contributed by atoms with Crippen molar-refractivity contribution in [2.45, 2.75) is 18.9 Å². The lowest BCUT2D eigenvalue weighted by Gasteiger charge is -2.15.